The molecule has 2 aromatic rings. The van der Waals surface area contributed by atoms with Gasteiger partial charge in [0.2, 0.25) is 5.90 Å². The molecule has 0 aliphatic carbocycles. The molecule has 1 heterocycles. The van der Waals surface area contributed by atoms with Crippen molar-refractivity contribution in [3.05, 3.63) is 70.5 Å². The Hall–Kier alpha value is -2.71. The molecule has 2 aromatic carbocycles. The number of aliphatic imine (C=N–C) groups is 1. The lowest BCUT2D eigenvalue weighted by atomic mass is 10.2. The molecule has 0 amide bonds. The van der Waals surface area contributed by atoms with E-state index < -0.39 is 6.03 Å². The summed E-state index contributed by atoms with van der Waals surface area (Å²) in [4.78, 5) is 4.37. The number of ether oxygens (including phenoxy) is 4. The van der Waals surface area contributed by atoms with Crippen molar-refractivity contribution in [2.24, 2.45) is 4.99 Å². The van der Waals surface area contributed by atoms with E-state index in [0.717, 1.165) is 15.7 Å². The quantitative estimate of drug-likeness (QED) is 0.628. The van der Waals surface area contributed by atoms with Gasteiger partial charge in [0.05, 0.1) is 20.3 Å². The van der Waals surface area contributed by atoms with Crippen molar-refractivity contribution in [3.8, 4) is 5.75 Å². The van der Waals surface area contributed by atoms with Crippen molar-refractivity contribution in [2.45, 2.75) is 12.6 Å². The van der Waals surface area contributed by atoms with Gasteiger partial charge in [-0.15, -0.1) is 0 Å². The van der Waals surface area contributed by atoms with Crippen molar-refractivity contribution >= 4 is 27.5 Å². The van der Waals surface area contributed by atoms with Gasteiger partial charge in [-0.25, -0.2) is 0 Å². The summed E-state index contributed by atoms with van der Waals surface area (Å²) in [5.41, 5.74) is 1.94. The van der Waals surface area contributed by atoms with Crippen LogP contribution < -0.4 is 15.4 Å². The van der Waals surface area contributed by atoms with Gasteiger partial charge >= 0.3 is 6.03 Å². The second-order valence-electron chi connectivity index (χ2n) is 5.85. The Morgan fingerprint density at radius 3 is 2.46 bits per heavy atom. The lowest BCUT2D eigenvalue weighted by molar-refractivity contribution is -0.183. The Morgan fingerprint density at radius 2 is 1.79 bits per heavy atom. The van der Waals surface area contributed by atoms with Gasteiger partial charge in [-0.3, -0.25) is 5.32 Å². The summed E-state index contributed by atoms with van der Waals surface area (Å²) in [6.07, 6.45) is 1.61. The van der Waals surface area contributed by atoms with Crippen LogP contribution in [0.3, 0.4) is 0 Å². The normalized spacial score (nSPS) is 18.4. The molecule has 1 aliphatic heterocycles. The first-order valence-corrected chi connectivity index (χ1v) is 9.36. The second-order valence-corrected chi connectivity index (χ2v) is 6.76. The Bertz CT molecular complexity index is 870. The number of halogens is 1. The zero-order chi connectivity index (χ0) is 20.0. The summed E-state index contributed by atoms with van der Waals surface area (Å²) < 4.78 is 23.2. The molecule has 7 nitrogen and oxygen atoms in total. The van der Waals surface area contributed by atoms with E-state index in [1.807, 2.05) is 48.5 Å². The lowest BCUT2D eigenvalue weighted by Gasteiger charge is -2.33. The van der Waals surface area contributed by atoms with Crippen LogP contribution >= 0.6 is 15.9 Å². The summed E-state index contributed by atoms with van der Waals surface area (Å²) in [6.45, 7) is 0.561. The van der Waals surface area contributed by atoms with Gasteiger partial charge in [0.25, 0.3) is 0 Å². The van der Waals surface area contributed by atoms with Crippen LogP contribution in [0.15, 0.2) is 70.0 Å². The molecule has 148 valence electrons. The van der Waals surface area contributed by atoms with Crippen molar-refractivity contribution in [1.82, 2.24) is 5.32 Å². The van der Waals surface area contributed by atoms with E-state index in [0.29, 0.717) is 24.1 Å². The van der Waals surface area contributed by atoms with E-state index in [9.17, 15) is 0 Å². The molecule has 1 unspecified atom stereocenters. The van der Waals surface area contributed by atoms with E-state index in [4.69, 9.17) is 18.9 Å². The highest BCUT2D eigenvalue weighted by Crippen LogP contribution is 2.27. The summed E-state index contributed by atoms with van der Waals surface area (Å²) in [6, 6.07) is 14.1. The predicted octanol–water partition coefficient (Wildman–Crippen LogP) is 3.83. The fourth-order valence-electron chi connectivity index (χ4n) is 2.57. The molecule has 1 atom stereocenters. The second kappa shape index (κ2) is 8.99. The lowest BCUT2D eigenvalue weighted by Crippen LogP contribution is -2.53. The summed E-state index contributed by atoms with van der Waals surface area (Å²) in [5, 5.41) is 6.37. The highest BCUT2D eigenvalue weighted by Gasteiger charge is 2.38. The SMILES string of the molecule is COC1=CC(OC)=NC(OC)(Oc2ccccc2CNc2ccc(Br)cc2)N1. The fraction of sp³-hybridized carbons (Fsp3) is 0.250. The third-order valence-corrected chi connectivity index (χ3v) is 4.58. The average molecular weight is 448 g/mol. The number of hydrogen-bond acceptors (Lipinski definition) is 7. The number of nitrogens with zero attached hydrogens (tertiary/aromatic N) is 1. The minimum Gasteiger partial charge on any atom is -0.482 e. The van der Waals surface area contributed by atoms with Gasteiger partial charge in [-0.1, -0.05) is 34.1 Å². The van der Waals surface area contributed by atoms with E-state index >= 15 is 0 Å². The Morgan fingerprint density at radius 1 is 1.04 bits per heavy atom. The van der Waals surface area contributed by atoms with Crippen LogP contribution in [-0.4, -0.2) is 33.3 Å². The first-order valence-electron chi connectivity index (χ1n) is 8.56. The van der Waals surface area contributed by atoms with Crippen molar-refractivity contribution in [2.75, 3.05) is 26.6 Å². The van der Waals surface area contributed by atoms with Crippen LogP contribution in [0.1, 0.15) is 5.56 Å². The third kappa shape index (κ3) is 4.76. The molecule has 0 saturated heterocycles. The van der Waals surface area contributed by atoms with Gasteiger partial charge in [-0.05, 0) is 30.3 Å². The van der Waals surface area contributed by atoms with Crippen LogP contribution in [0.2, 0.25) is 0 Å². The van der Waals surface area contributed by atoms with Crippen LogP contribution in [-0.2, 0) is 20.8 Å². The smallest absolute Gasteiger partial charge is 0.409 e. The predicted molar refractivity (Wildman–Crippen MR) is 111 cm³/mol. The fourth-order valence-corrected chi connectivity index (χ4v) is 2.84. The maximum atomic E-state index is 6.13. The molecule has 2 N–H and O–H groups in total. The number of rotatable bonds is 7. The number of hydrogen-bond donors (Lipinski definition) is 2. The first kappa shape index (κ1) is 20.0. The molecule has 0 aromatic heterocycles. The molecule has 0 bridgehead atoms. The highest BCUT2D eigenvalue weighted by atomic mass is 79.9. The minimum atomic E-state index is -1.50. The van der Waals surface area contributed by atoms with Crippen LogP contribution in [0.4, 0.5) is 5.69 Å². The molecular weight excluding hydrogens is 426 g/mol. The minimum absolute atomic E-state index is 0.322. The topological polar surface area (TPSA) is 73.3 Å². The molecule has 28 heavy (non-hydrogen) atoms. The number of anilines is 1. The summed E-state index contributed by atoms with van der Waals surface area (Å²) >= 11 is 3.44. The zero-order valence-electron chi connectivity index (χ0n) is 15.9. The van der Waals surface area contributed by atoms with Crippen molar-refractivity contribution in [3.63, 3.8) is 0 Å². The number of benzene rings is 2. The first-order chi connectivity index (χ1) is 13.6. The Balaban J connectivity index is 1.80. The van der Waals surface area contributed by atoms with Gasteiger partial charge in [0.1, 0.15) is 5.75 Å². The monoisotopic (exact) mass is 447 g/mol. The molecule has 0 saturated carbocycles. The largest absolute Gasteiger partial charge is 0.482 e. The molecular formula is C20H22BrN3O4. The maximum absolute atomic E-state index is 6.13. The van der Waals surface area contributed by atoms with E-state index in [1.54, 1.807) is 6.08 Å². The summed E-state index contributed by atoms with van der Waals surface area (Å²) in [7, 11) is 4.55. The average Bonchev–Trinajstić information content (AvgIpc) is 2.74. The van der Waals surface area contributed by atoms with Gasteiger partial charge in [0, 0.05) is 29.4 Å². The van der Waals surface area contributed by atoms with E-state index in [2.05, 4.69) is 31.6 Å². The van der Waals surface area contributed by atoms with Crippen LogP contribution in [0.25, 0.3) is 0 Å². The van der Waals surface area contributed by atoms with Crippen molar-refractivity contribution in [1.29, 1.82) is 0 Å². The third-order valence-electron chi connectivity index (χ3n) is 4.05. The number of methoxy groups -OCH3 is 3. The van der Waals surface area contributed by atoms with Gasteiger partial charge in [0.15, 0.2) is 5.88 Å². The van der Waals surface area contributed by atoms with E-state index in [-0.39, 0.29) is 0 Å². The van der Waals surface area contributed by atoms with Gasteiger partial charge < -0.3 is 24.3 Å². The number of para-hydroxylation sites is 1. The molecule has 8 heteroatoms. The highest BCUT2D eigenvalue weighted by molar-refractivity contribution is 9.10. The Kier molecular flexibility index (Phi) is 6.43. The number of nitrogens with one attached hydrogen (secondary N) is 2. The molecule has 0 spiro atoms. The zero-order valence-corrected chi connectivity index (χ0v) is 17.4. The van der Waals surface area contributed by atoms with Crippen LogP contribution in [0, 0.1) is 0 Å². The van der Waals surface area contributed by atoms with E-state index in [1.165, 1.54) is 21.3 Å². The van der Waals surface area contributed by atoms with Crippen LogP contribution in [0.5, 0.6) is 5.75 Å². The summed E-state index contributed by atoms with van der Waals surface area (Å²) in [5.74, 6) is 1.35. The Labute approximate surface area is 172 Å². The van der Waals surface area contributed by atoms with Gasteiger partial charge in [-0.2, -0.15) is 4.99 Å². The standard InChI is InChI=1S/C20H22BrN3O4/c1-25-18-12-19(26-2)24-20(23-18,27-3)28-17-7-5-4-6-14(17)13-22-16-10-8-15(21)9-11-16/h4-12,22-23H,13H2,1-3H3. The molecule has 0 fully saturated rings. The molecule has 0 radical (unpaired) electrons. The molecule has 1 aliphatic rings. The van der Waals surface area contributed by atoms with Crippen molar-refractivity contribution < 1.29 is 18.9 Å². The molecule has 3 rings (SSSR count). The maximum Gasteiger partial charge on any atom is 0.409 e.